The van der Waals surface area contributed by atoms with Crippen molar-refractivity contribution in [2.75, 3.05) is 19.0 Å². The van der Waals surface area contributed by atoms with Gasteiger partial charge in [-0.05, 0) is 48.0 Å². The summed E-state index contributed by atoms with van der Waals surface area (Å²) in [4.78, 5) is 29.9. The summed E-state index contributed by atoms with van der Waals surface area (Å²) in [5.74, 6) is -1.43. The monoisotopic (exact) mass is 358 g/mol. The maximum absolute atomic E-state index is 13.5. The first-order valence-corrected chi connectivity index (χ1v) is 7.61. The van der Waals surface area contributed by atoms with Gasteiger partial charge in [0.2, 0.25) is 0 Å². The molecule has 0 aliphatic heterocycles. The van der Waals surface area contributed by atoms with E-state index in [2.05, 4.69) is 20.4 Å². The number of ether oxygens (including phenoxy) is 1. The number of benzene rings is 2. The van der Waals surface area contributed by atoms with E-state index in [0.717, 1.165) is 4.85 Å². The highest BCUT2D eigenvalue weighted by molar-refractivity contribution is 5.93. The summed E-state index contributed by atoms with van der Waals surface area (Å²) in [6.07, 6.45) is 0. The van der Waals surface area contributed by atoms with E-state index in [-0.39, 0.29) is 6.61 Å². The van der Waals surface area contributed by atoms with Crippen molar-refractivity contribution in [3.8, 4) is 0 Å². The van der Waals surface area contributed by atoms with Crippen LogP contribution in [0, 0.1) is 12.7 Å². The summed E-state index contributed by atoms with van der Waals surface area (Å²) < 4.78 is 18.2. The van der Waals surface area contributed by atoms with Crippen molar-refractivity contribution < 1.29 is 23.6 Å². The zero-order chi connectivity index (χ0) is 18.7. The molecule has 3 aromatic rings. The number of hydrogen-bond donors (Lipinski definition) is 1. The molecule has 0 saturated carbocycles. The Kier molecular flexibility index (Phi) is 4.78. The van der Waals surface area contributed by atoms with Crippen molar-refractivity contribution in [1.82, 2.24) is 15.2 Å². The summed E-state index contributed by atoms with van der Waals surface area (Å²) in [6, 6.07) is 9.00. The molecule has 8 nitrogen and oxygen atoms in total. The molecule has 134 valence electrons. The first-order valence-electron chi connectivity index (χ1n) is 7.61. The molecule has 0 atom stereocenters. The molecule has 0 bridgehead atoms. The van der Waals surface area contributed by atoms with Crippen molar-refractivity contribution in [3.05, 3.63) is 53.3 Å². The molecule has 3 rings (SSSR count). The van der Waals surface area contributed by atoms with Gasteiger partial charge in [0, 0.05) is 5.69 Å². The maximum Gasteiger partial charge on any atom is 0.337 e. The van der Waals surface area contributed by atoms with Gasteiger partial charge < -0.3 is 14.9 Å². The number of carbonyl (C=O) groups excluding carboxylic acids is 2. The van der Waals surface area contributed by atoms with Gasteiger partial charge in [-0.1, -0.05) is 10.9 Å². The van der Waals surface area contributed by atoms with Crippen molar-refractivity contribution in [3.63, 3.8) is 0 Å². The first-order chi connectivity index (χ1) is 12.5. The Labute approximate surface area is 147 Å². The van der Waals surface area contributed by atoms with E-state index in [0.29, 0.717) is 27.8 Å². The van der Waals surface area contributed by atoms with Gasteiger partial charge in [0.25, 0.3) is 5.91 Å². The lowest BCUT2D eigenvalue weighted by Crippen LogP contribution is -2.26. The third-order valence-corrected chi connectivity index (χ3v) is 3.61. The first kappa shape index (κ1) is 17.3. The molecule has 1 amide bonds. The van der Waals surface area contributed by atoms with E-state index in [1.54, 1.807) is 31.2 Å². The van der Waals surface area contributed by atoms with E-state index < -0.39 is 17.7 Å². The highest BCUT2D eigenvalue weighted by Gasteiger charge is 2.13. The molecule has 26 heavy (non-hydrogen) atoms. The fourth-order valence-corrected chi connectivity index (χ4v) is 2.23. The van der Waals surface area contributed by atoms with E-state index in [9.17, 15) is 14.0 Å². The smallest absolute Gasteiger partial charge is 0.337 e. The van der Waals surface area contributed by atoms with Crippen LogP contribution >= 0.6 is 0 Å². The molecule has 9 heteroatoms. The van der Waals surface area contributed by atoms with Gasteiger partial charge in [-0.3, -0.25) is 4.79 Å². The van der Waals surface area contributed by atoms with E-state index in [4.69, 9.17) is 4.84 Å². The van der Waals surface area contributed by atoms with Crippen LogP contribution in [0.1, 0.15) is 15.9 Å². The van der Waals surface area contributed by atoms with Gasteiger partial charge in [0.05, 0.1) is 12.7 Å². The Morgan fingerprint density at radius 3 is 2.77 bits per heavy atom. The number of anilines is 1. The summed E-state index contributed by atoms with van der Waals surface area (Å²) in [7, 11) is 1.27. The molecular weight excluding hydrogens is 343 g/mol. The minimum absolute atomic E-state index is 0.298. The number of aromatic nitrogens is 3. The lowest BCUT2D eigenvalue weighted by molar-refractivity contribution is -0.121. The number of fused-ring (bicyclic) bond motifs is 1. The van der Waals surface area contributed by atoms with E-state index in [1.165, 1.54) is 19.2 Å². The standard InChI is InChI=1S/C17H15FN4O4/c1-10-3-5-12(8-13(10)18)19-16(23)9-26-22-15-7-11(17(24)25-2)4-6-14(15)20-21-22/h3-8H,9H2,1-2H3,(H,19,23). The normalized spacial score (nSPS) is 10.6. The lowest BCUT2D eigenvalue weighted by atomic mass is 10.2. The molecule has 1 aromatic heterocycles. The van der Waals surface area contributed by atoms with Gasteiger partial charge >= 0.3 is 5.97 Å². The van der Waals surface area contributed by atoms with Crippen LogP contribution in [0.2, 0.25) is 0 Å². The quantitative estimate of drug-likeness (QED) is 0.698. The van der Waals surface area contributed by atoms with Crippen LogP contribution in [0.15, 0.2) is 36.4 Å². The van der Waals surface area contributed by atoms with E-state index in [1.807, 2.05) is 0 Å². The number of methoxy groups -OCH3 is 1. The number of nitrogens with one attached hydrogen (secondary N) is 1. The van der Waals surface area contributed by atoms with Crippen molar-refractivity contribution in [1.29, 1.82) is 0 Å². The van der Waals surface area contributed by atoms with Crippen LogP contribution in [0.25, 0.3) is 11.0 Å². The minimum atomic E-state index is -0.515. The van der Waals surface area contributed by atoms with Crippen LogP contribution in [-0.2, 0) is 9.53 Å². The number of rotatable bonds is 5. The van der Waals surface area contributed by atoms with Gasteiger partial charge in [-0.2, -0.15) is 0 Å². The van der Waals surface area contributed by atoms with Crippen molar-refractivity contribution >= 4 is 28.6 Å². The Balaban J connectivity index is 1.69. The molecule has 1 heterocycles. The number of halogens is 1. The van der Waals surface area contributed by atoms with Gasteiger partial charge in [0.1, 0.15) is 16.9 Å². The Bertz CT molecular complexity index is 986. The maximum atomic E-state index is 13.5. The number of aryl methyl sites for hydroxylation is 1. The third-order valence-electron chi connectivity index (χ3n) is 3.61. The molecule has 0 fully saturated rings. The van der Waals surface area contributed by atoms with Crippen LogP contribution in [-0.4, -0.2) is 40.8 Å². The fraction of sp³-hybridized carbons (Fsp3) is 0.176. The second-order valence-electron chi connectivity index (χ2n) is 5.44. The predicted molar refractivity (Wildman–Crippen MR) is 90.1 cm³/mol. The number of nitrogens with zero attached hydrogens (tertiary/aromatic N) is 3. The SMILES string of the molecule is COC(=O)c1ccc2nnn(OCC(=O)Nc3ccc(C)c(F)c3)c2c1. The van der Waals surface area contributed by atoms with Gasteiger partial charge in [-0.25, -0.2) is 9.18 Å². The Hall–Kier alpha value is -3.49. The molecule has 0 aliphatic carbocycles. The average molecular weight is 358 g/mol. The van der Waals surface area contributed by atoms with Crippen LogP contribution in [0.4, 0.5) is 10.1 Å². The number of amides is 1. The number of esters is 1. The molecule has 1 N–H and O–H groups in total. The second kappa shape index (κ2) is 7.18. The molecule has 0 saturated heterocycles. The number of carbonyl (C=O) groups is 2. The zero-order valence-electron chi connectivity index (χ0n) is 14.0. The number of hydrogen-bond acceptors (Lipinski definition) is 6. The Morgan fingerprint density at radius 1 is 1.23 bits per heavy atom. The van der Waals surface area contributed by atoms with Gasteiger partial charge in [0.15, 0.2) is 6.61 Å². The molecule has 0 radical (unpaired) electrons. The van der Waals surface area contributed by atoms with Crippen molar-refractivity contribution in [2.24, 2.45) is 0 Å². The summed E-state index contributed by atoms with van der Waals surface area (Å²) >= 11 is 0. The molecule has 0 unspecified atom stereocenters. The van der Waals surface area contributed by atoms with Crippen LogP contribution < -0.4 is 10.2 Å². The average Bonchev–Trinajstić information content (AvgIpc) is 3.04. The van der Waals surface area contributed by atoms with Gasteiger partial charge in [-0.15, -0.1) is 5.10 Å². The molecular formula is C17H15FN4O4. The lowest BCUT2D eigenvalue weighted by Gasteiger charge is -2.08. The molecule has 0 spiro atoms. The molecule has 2 aromatic carbocycles. The predicted octanol–water partition coefficient (Wildman–Crippen LogP) is 1.73. The third kappa shape index (κ3) is 3.61. The highest BCUT2D eigenvalue weighted by atomic mass is 19.1. The zero-order valence-corrected chi connectivity index (χ0v) is 14.0. The summed E-state index contributed by atoms with van der Waals surface area (Å²) in [5.41, 5.74) is 1.99. The highest BCUT2D eigenvalue weighted by Crippen LogP contribution is 2.15. The topological polar surface area (TPSA) is 95.3 Å². The Morgan fingerprint density at radius 2 is 2.04 bits per heavy atom. The molecule has 0 aliphatic rings. The van der Waals surface area contributed by atoms with Crippen LogP contribution in [0.5, 0.6) is 0 Å². The minimum Gasteiger partial charge on any atom is -0.465 e. The van der Waals surface area contributed by atoms with Crippen LogP contribution in [0.3, 0.4) is 0 Å². The summed E-state index contributed by atoms with van der Waals surface area (Å²) in [5, 5.41) is 10.2. The van der Waals surface area contributed by atoms with Crippen molar-refractivity contribution in [2.45, 2.75) is 6.92 Å². The largest absolute Gasteiger partial charge is 0.465 e. The van der Waals surface area contributed by atoms with E-state index >= 15 is 0 Å². The second-order valence-corrected chi connectivity index (χ2v) is 5.44. The fourth-order valence-electron chi connectivity index (χ4n) is 2.23. The summed E-state index contributed by atoms with van der Waals surface area (Å²) in [6.45, 7) is 1.25.